The van der Waals surface area contributed by atoms with Gasteiger partial charge in [0.25, 0.3) is 0 Å². The van der Waals surface area contributed by atoms with E-state index < -0.39 is 0 Å². The maximum Gasteiger partial charge on any atom is 0.171 e. The van der Waals surface area contributed by atoms with Crippen molar-refractivity contribution in [3.05, 3.63) is 41.6 Å². The van der Waals surface area contributed by atoms with E-state index in [1.807, 2.05) is 12.1 Å². The molecule has 0 atom stereocenters. The maximum absolute atomic E-state index is 8.90. The second-order valence-electron chi connectivity index (χ2n) is 4.41. The molecule has 1 aromatic carbocycles. The number of nitriles is 1. The van der Waals surface area contributed by atoms with E-state index in [2.05, 4.69) is 30.4 Å². The number of rotatable bonds is 4. The fraction of sp³-hybridized carbons (Fsp3) is 0.286. The Bertz CT molecular complexity index is 566. The van der Waals surface area contributed by atoms with Crippen LogP contribution in [0.5, 0.6) is 0 Å². The number of benzene rings is 1. The SMILES string of the molecule is CC(C)NCc1cnoc1-c1cccc(C#N)c1. The summed E-state index contributed by atoms with van der Waals surface area (Å²) in [6, 6.07) is 9.86. The Balaban J connectivity index is 2.28. The third-order valence-electron chi connectivity index (χ3n) is 2.60. The molecule has 0 saturated heterocycles. The van der Waals surface area contributed by atoms with Crippen LogP contribution >= 0.6 is 0 Å². The first kappa shape index (κ1) is 12.3. The molecule has 4 nitrogen and oxygen atoms in total. The van der Waals surface area contributed by atoms with Crippen molar-refractivity contribution in [1.82, 2.24) is 10.5 Å². The van der Waals surface area contributed by atoms with Crippen molar-refractivity contribution in [3.63, 3.8) is 0 Å². The first-order chi connectivity index (χ1) is 8.70. The number of hydrogen-bond acceptors (Lipinski definition) is 4. The molecule has 0 bridgehead atoms. The highest BCUT2D eigenvalue weighted by Gasteiger charge is 2.11. The minimum Gasteiger partial charge on any atom is -0.356 e. The van der Waals surface area contributed by atoms with Crippen molar-refractivity contribution in [2.24, 2.45) is 0 Å². The second kappa shape index (κ2) is 5.48. The molecule has 1 N–H and O–H groups in total. The lowest BCUT2D eigenvalue weighted by molar-refractivity contribution is 0.431. The molecule has 1 aromatic heterocycles. The van der Waals surface area contributed by atoms with Gasteiger partial charge in [0.2, 0.25) is 0 Å². The molecule has 0 unspecified atom stereocenters. The number of aromatic nitrogens is 1. The van der Waals surface area contributed by atoms with Crippen molar-refractivity contribution in [2.75, 3.05) is 0 Å². The summed E-state index contributed by atoms with van der Waals surface area (Å²) in [6.45, 7) is 4.88. The van der Waals surface area contributed by atoms with Gasteiger partial charge >= 0.3 is 0 Å². The topological polar surface area (TPSA) is 61.9 Å². The minimum absolute atomic E-state index is 0.401. The Kier molecular flexibility index (Phi) is 3.75. The Morgan fingerprint density at radius 3 is 3.00 bits per heavy atom. The molecule has 0 amide bonds. The highest BCUT2D eigenvalue weighted by Crippen LogP contribution is 2.24. The highest BCUT2D eigenvalue weighted by molar-refractivity contribution is 5.62. The predicted molar refractivity (Wildman–Crippen MR) is 68.6 cm³/mol. The summed E-state index contributed by atoms with van der Waals surface area (Å²) in [5.41, 5.74) is 2.50. The van der Waals surface area contributed by atoms with Crippen molar-refractivity contribution in [1.29, 1.82) is 5.26 Å². The van der Waals surface area contributed by atoms with Gasteiger partial charge in [0.05, 0.1) is 17.8 Å². The number of nitrogens with one attached hydrogen (secondary N) is 1. The van der Waals surface area contributed by atoms with Crippen LogP contribution in [0.25, 0.3) is 11.3 Å². The van der Waals surface area contributed by atoms with Crippen LogP contribution in [0, 0.1) is 11.3 Å². The van der Waals surface area contributed by atoms with Crippen LogP contribution in [0.15, 0.2) is 35.0 Å². The third-order valence-corrected chi connectivity index (χ3v) is 2.60. The van der Waals surface area contributed by atoms with Crippen molar-refractivity contribution in [2.45, 2.75) is 26.4 Å². The molecular weight excluding hydrogens is 226 g/mol. The van der Waals surface area contributed by atoms with Gasteiger partial charge in [0, 0.05) is 23.7 Å². The van der Waals surface area contributed by atoms with Crippen LogP contribution in [0.4, 0.5) is 0 Å². The lowest BCUT2D eigenvalue weighted by Crippen LogP contribution is -2.21. The quantitative estimate of drug-likeness (QED) is 0.894. The van der Waals surface area contributed by atoms with Gasteiger partial charge in [-0.15, -0.1) is 0 Å². The summed E-state index contributed by atoms with van der Waals surface area (Å²) in [6.07, 6.45) is 1.71. The van der Waals surface area contributed by atoms with Gasteiger partial charge < -0.3 is 9.84 Å². The van der Waals surface area contributed by atoms with Gasteiger partial charge in [-0.1, -0.05) is 31.1 Å². The molecular formula is C14H15N3O. The van der Waals surface area contributed by atoms with E-state index in [0.29, 0.717) is 18.2 Å². The highest BCUT2D eigenvalue weighted by atomic mass is 16.5. The summed E-state index contributed by atoms with van der Waals surface area (Å²) >= 11 is 0. The van der Waals surface area contributed by atoms with Crippen LogP contribution < -0.4 is 5.32 Å². The molecule has 0 aliphatic rings. The fourth-order valence-electron chi connectivity index (χ4n) is 1.67. The van der Waals surface area contributed by atoms with Crippen LogP contribution in [-0.2, 0) is 6.54 Å². The van der Waals surface area contributed by atoms with Crippen LogP contribution in [0.1, 0.15) is 25.0 Å². The molecule has 0 aliphatic heterocycles. The molecule has 2 rings (SSSR count). The van der Waals surface area contributed by atoms with Crippen molar-refractivity contribution < 1.29 is 4.52 Å². The number of hydrogen-bond donors (Lipinski definition) is 1. The Labute approximate surface area is 106 Å². The zero-order valence-corrected chi connectivity index (χ0v) is 10.5. The Hall–Kier alpha value is -2.12. The maximum atomic E-state index is 8.90. The molecule has 1 heterocycles. The normalized spacial score (nSPS) is 10.6. The van der Waals surface area contributed by atoms with E-state index in [9.17, 15) is 0 Å². The largest absolute Gasteiger partial charge is 0.356 e. The first-order valence-electron chi connectivity index (χ1n) is 5.88. The van der Waals surface area contributed by atoms with Gasteiger partial charge in [0.1, 0.15) is 0 Å². The van der Waals surface area contributed by atoms with E-state index >= 15 is 0 Å². The van der Waals surface area contributed by atoms with E-state index in [4.69, 9.17) is 9.78 Å². The monoisotopic (exact) mass is 241 g/mol. The lowest BCUT2D eigenvalue weighted by atomic mass is 10.1. The Morgan fingerprint density at radius 2 is 2.28 bits per heavy atom. The predicted octanol–water partition coefficient (Wildman–Crippen LogP) is 2.71. The van der Waals surface area contributed by atoms with Gasteiger partial charge in [-0.3, -0.25) is 0 Å². The summed E-state index contributed by atoms with van der Waals surface area (Å²) in [5.74, 6) is 0.722. The standard InChI is InChI=1S/C14H15N3O/c1-10(2)16-8-13-9-17-18-14(13)12-5-3-4-11(6-12)7-15/h3-6,9-10,16H,8H2,1-2H3. The van der Waals surface area contributed by atoms with E-state index in [0.717, 1.165) is 16.9 Å². The van der Waals surface area contributed by atoms with Gasteiger partial charge in [-0.2, -0.15) is 5.26 Å². The van der Waals surface area contributed by atoms with E-state index in [-0.39, 0.29) is 0 Å². The average molecular weight is 241 g/mol. The van der Waals surface area contributed by atoms with Gasteiger partial charge in [-0.25, -0.2) is 0 Å². The zero-order chi connectivity index (χ0) is 13.0. The van der Waals surface area contributed by atoms with Gasteiger partial charge in [-0.05, 0) is 12.1 Å². The van der Waals surface area contributed by atoms with Crippen LogP contribution in [0.3, 0.4) is 0 Å². The smallest absolute Gasteiger partial charge is 0.171 e. The minimum atomic E-state index is 0.401. The molecule has 0 spiro atoms. The molecule has 0 fully saturated rings. The molecule has 0 aliphatic carbocycles. The number of nitrogens with zero attached hydrogens (tertiary/aromatic N) is 2. The van der Waals surface area contributed by atoms with Crippen molar-refractivity contribution in [3.8, 4) is 17.4 Å². The van der Waals surface area contributed by atoms with Crippen LogP contribution in [-0.4, -0.2) is 11.2 Å². The summed E-state index contributed by atoms with van der Waals surface area (Å²) in [5, 5.41) is 16.1. The van der Waals surface area contributed by atoms with E-state index in [1.165, 1.54) is 0 Å². The second-order valence-corrected chi connectivity index (χ2v) is 4.41. The van der Waals surface area contributed by atoms with E-state index in [1.54, 1.807) is 18.3 Å². The molecule has 92 valence electrons. The summed E-state index contributed by atoms with van der Waals surface area (Å²) in [7, 11) is 0. The first-order valence-corrected chi connectivity index (χ1v) is 5.88. The molecule has 2 aromatic rings. The molecule has 4 heteroatoms. The molecule has 0 radical (unpaired) electrons. The van der Waals surface area contributed by atoms with Crippen LogP contribution in [0.2, 0.25) is 0 Å². The lowest BCUT2D eigenvalue weighted by Gasteiger charge is -2.07. The molecule has 18 heavy (non-hydrogen) atoms. The summed E-state index contributed by atoms with van der Waals surface area (Å²) in [4.78, 5) is 0. The Morgan fingerprint density at radius 1 is 1.44 bits per heavy atom. The third kappa shape index (κ3) is 2.76. The summed E-state index contributed by atoms with van der Waals surface area (Å²) < 4.78 is 5.28. The van der Waals surface area contributed by atoms with Gasteiger partial charge in [0.15, 0.2) is 5.76 Å². The van der Waals surface area contributed by atoms with Crippen molar-refractivity contribution >= 4 is 0 Å². The molecule has 0 saturated carbocycles. The average Bonchev–Trinajstić information content (AvgIpc) is 2.84. The zero-order valence-electron chi connectivity index (χ0n) is 10.5. The fourth-order valence-corrected chi connectivity index (χ4v) is 1.67.